The molecule has 0 aliphatic rings. The molecular formula is C16H18N4O. The van der Waals surface area contributed by atoms with E-state index in [0.29, 0.717) is 12.1 Å². The van der Waals surface area contributed by atoms with Crippen molar-refractivity contribution in [2.45, 2.75) is 26.6 Å². The summed E-state index contributed by atoms with van der Waals surface area (Å²) in [6.07, 6.45) is 3.77. The molecule has 5 heteroatoms. The zero-order valence-corrected chi connectivity index (χ0v) is 12.0. The molecule has 0 fully saturated rings. The van der Waals surface area contributed by atoms with Crippen molar-refractivity contribution in [1.29, 1.82) is 0 Å². The van der Waals surface area contributed by atoms with Gasteiger partial charge in [0.25, 0.3) is 5.56 Å². The number of rotatable bonds is 4. The number of nitrogens with two attached hydrogens (primary N) is 1. The number of hydrogen-bond donors (Lipinski definition) is 1. The third-order valence-electron chi connectivity index (χ3n) is 3.65. The molecule has 0 aliphatic carbocycles. The number of benzene rings is 1. The van der Waals surface area contributed by atoms with Crippen LogP contribution in [-0.2, 0) is 19.6 Å². The summed E-state index contributed by atoms with van der Waals surface area (Å²) in [5.41, 5.74) is 8.24. The van der Waals surface area contributed by atoms with Crippen LogP contribution >= 0.6 is 0 Å². The van der Waals surface area contributed by atoms with E-state index in [1.165, 1.54) is 0 Å². The second kappa shape index (κ2) is 5.54. The molecule has 0 radical (unpaired) electrons. The minimum Gasteiger partial charge on any atom is -0.326 e. The Kier molecular flexibility index (Phi) is 3.58. The van der Waals surface area contributed by atoms with Crippen LogP contribution in [0.15, 0.2) is 47.5 Å². The average molecular weight is 282 g/mol. The monoisotopic (exact) mass is 282 g/mol. The highest BCUT2D eigenvalue weighted by molar-refractivity contribution is 5.79. The Hall–Kier alpha value is -2.40. The predicted molar refractivity (Wildman–Crippen MR) is 83.1 cm³/mol. The summed E-state index contributed by atoms with van der Waals surface area (Å²) in [6.45, 7) is 3.61. The van der Waals surface area contributed by atoms with Crippen LogP contribution in [0.4, 0.5) is 0 Å². The molecule has 3 rings (SSSR count). The van der Waals surface area contributed by atoms with E-state index in [4.69, 9.17) is 5.73 Å². The molecule has 2 heterocycles. The average Bonchev–Trinajstić information content (AvgIpc) is 2.97. The fourth-order valence-electron chi connectivity index (χ4n) is 2.53. The summed E-state index contributed by atoms with van der Waals surface area (Å²) >= 11 is 0. The van der Waals surface area contributed by atoms with Crippen LogP contribution in [0, 0.1) is 0 Å². The molecular weight excluding hydrogens is 264 g/mol. The lowest BCUT2D eigenvalue weighted by molar-refractivity contribution is 0.658. The zero-order chi connectivity index (χ0) is 14.8. The van der Waals surface area contributed by atoms with Gasteiger partial charge < -0.3 is 10.3 Å². The van der Waals surface area contributed by atoms with E-state index in [-0.39, 0.29) is 12.1 Å². The van der Waals surface area contributed by atoms with Crippen molar-refractivity contribution in [1.82, 2.24) is 14.3 Å². The maximum Gasteiger partial charge on any atom is 0.255 e. The third-order valence-corrected chi connectivity index (χ3v) is 3.65. The SMILES string of the molecule is CCn1cc(Cn2c(=O)c(CN)cc3ccccc32)cn1. The Labute approximate surface area is 122 Å². The number of para-hydroxylation sites is 1. The van der Waals surface area contributed by atoms with Gasteiger partial charge in [0.1, 0.15) is 0 Å². The molecule has 0 saturated heterocycles. The lowest BCUT2D eigenvalue weighted by Crippen LogP contribution is -2.26. The largest absolute Gasteiger partial charge is 0.326 e. The fraction of sp³-hybridized carbons (Fsp3) is 0.250. The first-order valence-electron chi connectivity index (χ1n) is 7.05. The summed E-state index contributed by atoms with van der Waals surface area (Å²) < 4.78 is 3.63. The molecule has 0 amide bonds. The van der Waals surface area contributed by atoms with E-state index in [2.05, 4.69) is 5.10 Å². The molecule has 0 saturated carbocycles. The van der Waals surface area contributed by atoms with Crippen molar-refractivity contribution in [3.63, 3.8) is 0 Å². The summed E-state index contributed by atoms with van der Waals surface area (Å²) in [5.74, 6) is 0. The van der Waals surface area contributed by atoms with Gasteiger partial charge in [-0.05, 0) is 24.4 Å². The van der Waals surface area contributed by atoms with Crippen molar-refractivity contribution in [2.75, 3.05) is 0 Å². The van der Waals surface area contributed by atoms with Gasteiger partial charge in [-0.3, -0.25) is 9.48 Å². The molecule has 21 heavy (non-hydrogen) atoms. The maximum atomic E-state index is 12.6. The van der Waals surface area contributed by atoms with Gasteiger partial charge in [0.05, 0.1) is 18.3 Å². The van der Waals surface area contributed by atoms with Gasteiger partial charge in [-0.25, -0.2) is 0 Å². The highest BCUT2D eigenvalue weighted by Gasteiger charge is 2.09. The van der Waals surface area contributed by atoms with E-state index < -0.39 is 0 Å². The summed E-state index contributed by atoms with van der Waals surface area (Å²) in [5, 5.41) is 5.29. The molecule has 2 N–H and O–H groups in total. The molecule has 5 nitrogen and oxygen atoms in total. The zero-order valence-electron chi connectivity index (χ0n) is 12.0. The van der Waals surface area contributed by atoms with Crippen LogP contribution in [-0.4, -0.2) is 14.3 Å². The van der Waals surface area contributed by atoms with Gasteiger partial charge in [0, 0.05) is 30.4 Å². The molecule has 0 spiro atoms. The standard InChI is InChI=1S/C16H18N4O/c1-2-19-10-12(9-18-19)11-20-15-6-4-3-5-13(15)7-14(8-17)16(20)21/h3-7,9-10H,2,8,11,17H2,1H3. The van der Waals surface area contributed by atoms with Crippen LogP contribution in [0.3, 0.4) is 0 Å². The van der Waals surface area contributed by atoms with Crippen molar-refractivity contribution >= 4 is 10.9 Å². The lowest BCUT2D eigenvalue weighted by Gasteiger charge is -2.11. The highest BCUT2D eigenvalue weighted by atomic mass is 16.1. The minimum atomic E-state index is -0.0274. The number of pyridine rings is 1. The van der Waals surface area contributed by atoms with Crippen molar-refractivity contribution in [3.8, 4) is 0 Å². The van der Waals surface area contributed by atoms with Crippen molar-refractivity contribution in [2.24, 2.45) is 5.73 Å². The van der Waals surface area contributed by atoms with Gasteiger partial charge in [0.2, 0.25) is 0 Å². The van der Waals surface area contributed by atoms with Gasteiger partial charge in [-0.15, -0.1) is 0 Å². The van der Waals surface area contributed by atoms with Crippen LogP contribution in [0.5, 0.6) is 0 Å². The van der Waals surface area contributed by atoms with Crippen LogP contribution in [0.2, 0.25) is 0 Å². The Morgan fingerprint density at radius 1 is 1.29 bits per heavy atom. The van der Waals surface area contributed by atoms with Crippen LogP contribution in [0.25, 0.3) is 10.9 Å². The Balaban J connectivity index is 2.15. The molecule has 0 aliphatic heterocycles. The smallest absolute Gasteiger partial charge is 0.255 e. The minimum absolute atomic E-state index is 0.0274. The lowest BCUT2D eigenvalue weighted by atomic mass is 10.1. The number of hydrogen-bond acceptors (Lipinski definition) is 3. The summed E-state index contributed by atoms with van der Waals surface area (Å²) in [7, 11) is 0. The molecule has 0 bridgehead atoms. The van der Waals surface area contributed by atoms with E-state index in [9.17, 15) is 4.79 Å². The topological polar surface area (TPSA) is 65.8 Å². The molecule has 0 atom stereocenters. The molecule has 0 unspecified atom stereocenters. The highest BCUT2D eigenvalue weighted by Crippen LogP contribution is 2.14. The first-order valence-corrected chi connectivity index (χ1v) is 7.05. The molecule has 3 aromatic rings. The predicted octanol–water partition coefficient (Wildman–Crippen LogP) is 1.72. The Morgan fingerprint density at radius 2 is 2.10 bits per heavy atom. The van der Waals surface area contributed by atoms with E-state index in [1.54, 1.807) is 10.8 Å². The summed E-state index contributed by atoms with van der Waals surface area (Å²) in [4.78, 5) is 12.6. The first kappa shape index (κ1) is 13.6. The first-order chi connectivity index (χ1) is 10.2. The molecule has 1 aromatic carbocycles. The van der Waals surface area contributed by atoms with Gasteiger partial charge in [-0.2, -0.15) is 5.10 Å². The van der Waals surface area contributed by atoms with Gasteiger partial charge in [-0.1, -0.05) is 18.2 Å². The van der Waals surface area contributed by atoms with E-state index in [1.807, 2.05) is 48.1 Å². The van der Waals surface area contributed by atoms with Gasteiger partial charge in [0.15, 0.2) is 0 Å². The van der Waals surface area contributed by atoms with Crippen molar-refractivity contribution < 1.29 is 0 Å². The number of nitrogens with zero attached hydrogens (tertiary/aromatic N) is 3. The Bertz CT molecular complexity index is 832. The molecule has 108 valence electrons. The molecule has 2 aromatic heterocycles. The number of aryl methyl sites for hydroxylation is 1. The number of aromatic nitrogens is 3. The van der Waals surface area contributed by atoms with Crippen molar-refractivity contribution in [3.05, 3.63) is 64.2 Å². The second-order valence-electron chi connectivity index (χ2n) is 5.03. The normalized spacial score (nSPS) is 11.1. The van der Waals surface area contributed by atoms with Crippen LogP contribution < -0.4 is 11.3 Å². The number of fused-ring (bicyclic) bond motifs is 1. The summed E-state index contributed by atoms with van der Waals surface area (Å²) in [6, 6.07) is 9.74. The Morgan fingerprint density at radius 3 is 2.81 bits per heavy atom. The maximum absolute atomic E-state index is 12.6. The third kappa shape index (κ3) is 2.48. The second-order valence-corrected chi connectivity index (χ2v) is 5.03. The van der Waals surface area contributed by atoms with Gasteiger partial charge >= 0.3 is 0 Å². The van der Waals surface area contributed by atoms with E-state index >= 15 is 0 Å². The quantitative estimate of drug-likeness (QED) is 0.792. The fourth-order valence-corrected chi connectivity index (χ4v) is 2.53. The van der Waals surface area contributed by atoms with Crippen LogP contribution in [0.1, 0.15) is 18.1 Å². The van der Waals surface area contributed by atoms with E-state index in [0.717, 1.165) is 23.0 Å².